The van der Waals surface area contributed by atoms with Gasteiger partial charge in [-0.25, -0.2) is 0 Å². The van der Waals surface area contributed by atoms with Crippen molar-refractivity contribution >= 4 is 27.4 Å². The lowest BCUT2D eigenvalue weighted by molar-refractivity contribution is 0.448. The Kier molecular flexibility index (Phi) is 2.30. The summed E-state index contributed by atoms with van der Waals surface area (Å²) in [5.41, 5.74) is 8.73. The monoisotopic (exact) mass is 277 g/mol. The van der Waals surface area contributed by atoms with Gasteiger partial charge < -0.3 is 15.4 Å². The summed E-state index contributed by atoms with van der Waals surface area (Å²) in [6.45, 7) is 0. The van der Waals surface area contributed by atoms with E-state index in [1.165, 1.54) is 0 Å². The van der Waals surface area contributed by atoms with Crippen LogP contribution < -0.4 is 5.73 Å². The second-order valence-electron chi connectivity index (χ2n) is 5.30. The number of nitrogens with zero attached hydrogens (tertiary/aromatic N) is 2. The maximum absolute atomic E-state index is 10.4. The Morgan fingerprint density at radius 3 is 2.71 bits per heavy atom. The number of fused-ring (bicyclic) bond motifs is 2. The van der Waals surface area contributed by atoms with E-state index < -0.39 is 0 Å². The van der Waals surface area contributed by atoms with Crippen LogP contribution in [0, 0.1) is 0 Å². The van der Waals surface area contributed by atoms with Gasteiger partial charge in [0.2, 0.25) is 5.88 Å². The summed E-state index contributed by atoms with van der Waals surface area (Å²) in [5.74, 6) is 0.215. The topological polar surface area (TPSA) is 56.1 Å². The summed E-state index contributed by atoms with van der Waals surface area (Å²) < 4.78 is 3.84. The molecule has 0 aliphatic carbocycles. The molecule has 104 valence electrons. The van der Waals surface area contributed by atoms with Crippen LogP contribution in [0.25, 0.3) is 27.4 Å². The maximum atomic E-state index is 10.4. The van der Waals surface area contributed by atoms with Crippen LogP contribution in [0.15, 0.2) is 54.9 Å². The number of benzene rings is 2. The molecule has 0 unspecified atom stereocenters. The number of aromatic nitrogens is 2. The molecule has 4 rings (SSSR count). The number of anilines is 1. The summed E-state index contributed by atoms with van der Waals surface area (Å²) in [6.07, 6.45) is 3.91. The molecule has 3 N–H and O–H groups in total. The first-order valence-corrected chi connectivity index (χ1v) is 6.79. The zero-order valence-corrected chi connectivity index (χ0v) is 11.6. The first-order valence-electron chi connectivity index (χ1n) is 6.79. The second kappa shape index (κ2) is 4.06. The van der Waals surface area contributed by atoms with Gasteiger partial charge in [0.1, 0.15) is 0 Å². The predicted octanol–water partition coefficient (Wildman–Crippen LogP) is 3.41. The van der Waals surface area contributed by atoms with Crippen molar-refractivity contribution in [3.05, 3.63) is 54.9 Å². The molecule has 0 amide bonds. The Labute approximate surface area is 121 Å². The molecule has 2 heterocycles. The Bertz CT molecular complexity index is 978. The van der Waals surface area contributed by atoms with E-state index in [0.717, 1.165) is 27.4 Å². The van der Waals surface area contributed by atoms with E-state index in [0.29, 0.717) is 5.69 Å². The predicted molar refractivity (Wildman–Crippen MR) is 85.8 cm³/mol. The Hall–Kier alpha value is -2.88. The molecule has 2 aromatic carbocycles. The minimum absolute atomic E-state index is 0.215. The van der Waals surface area contributed by atoms with Gasteiger partial charge in [-0.3, -0.25) is 4.57 Å². The molecule has 0 radical (unpaired) electrons. The van der Waals surface area contributed by atoms with Gasteiger partial charge in [0.15, 0.2) is 0 Å². The van der Waals surface area contributed by atoms with Crippen LogP contribution in [0.1, 0.15) is 0 Å². The van der Waals surface area contributed by atoms with E-state index in [1.807, 2.05) is 43.7 Å². The Morgan fingerprint density at radius 1 is 1.05 bits per heavy atom. The maximum Gasteiger partial charge on any atom is 0.203 e. The number of aryl methyl sites for hydroxylation is 1. The fourth-order valence-corrected chi connectivity index (χ4v) is 2.86. The lowest BCUT2D eigenvalue weighted by Crippen LogP contribution is -1.91. The number of nitrogens with two attached hydrogens (primary N) is 1. The third-order valence-corrected chi connectivity index (χ3v) is 4.01. The lowest BCUT2D eigenvalue weighted by Gasteiger charge is -2.05. The number of hydrogen-bond donors (Lipinski definition) is 2. The number of hydrogen-bond acceptors (Lipinski definition) is 2. The van der Waals surface area contributed by atoms with Crippen molar-refractivity contribution in [3.63, 3.8) is 0 Å². The van der Waals surface area contributed by atoms with Crippen molar-refractivity contribution in [2.75, 3.05) is 5.73 Å². The molecular formula is C17H15N3O. The van der Waals surface area contributed by atoms with E-state index in [9.17, 15) is 5.11 Å². The van der Waals surface area contributed by atoms with Gasteiger partial charge in [-0.15, -0.1) is 0 Å². The molecular weight excluding hydrogens is 262 g/mol. The number of aromatic hydroxyl groups is 1. The van der Waals surface area contributed by atoms with Crippen LogP contribution in [0.3, 0.4) is 0 Å². The van der Waals surface area contributed by atoms with Crippen LogP contribution in [0.2, 0.25) is 0 Å². The Balaban J connectivity index is 1.99. The molecule has 0 saturated heterocycles. The van der Waals surface area contributed by atoms with E-state index in [-0.39, 0.29) is 5.88 Å². The highest BCUT2D eigenvalue weighted by molar-refractivity contribution is 5.97. The zero-order valence-electron chi connectivity index (χ0n) is 11.6. The normalized spacial score (nSPS) is 11.5. The molecule has 4 heteroatoms. The highest BCUT2D eigenvalue weighted by Crippen LogP contribution is 2.33. The van der Waals surface area contributed by atoms with Crippen molar-refractivity contribution in [1.29, 1.82) is 0 Å². The average molecular weight is 277 g/mol. The third kappa shape index (κ3) is 1.62. The van der Waals surface area contributed by atoms with Crippen LogP contribution in [0.5, 0.6) is 5.88 Å². The zero-order chi connectivity index (χ0) is 14.6. The summed E-state index contributed by atoms with van der Waals surface area (Å²) >= 11 is 0. The minimum atomic E-state index is 0.215. The first kappa shape index (κ1) is 11.9. The molecule has 0 fully saturated rings. The van der Waals surface area contributed by atoms with Gasteiger partial charge in [0.05, 0.1) is 0 Å². The molecule has 0 aliphatic heterocycles. The molecule has 4 nitrogen and oxygen atoms in total. The van der Waals surface area contributed by atoms with E-state index in [2.05, 4.69) is 22.8 Å². The van der Waals surface area contributed by atoms with Crippen molar-refractivity contribution in [2.24, 2.45) is 7.05 Å². The van der Waals surface area contributed by atoms with E-state index in [1.54, 1.807) is 4.57 Å². The fraction of sp³-hybridized carbons (Fsp3) is 0.0588. The molecule has 0 atom stereocenters. The first-order chi connectivity index (χ1) is 10.1. The van der Waals surface area contributed by atoms with Gasteiger partial charge in [0, 0.05) is 52.5 Å². The number of nitrogen functional groups attached to an aromatic ring is 1. The minimum Gasteiger partial charge on any atom is -0.494 e. The SMILES string of the molecule is Cn1ccc2cc(-n3cc4c(N)cccc4c3O)ccc21. The highest BCUT2D eigenvalue weighted by atomic mass is 16.3. The van der Waals surface area contributed by atoms with Crippen molar-refractivity contribution in [2.45, 2.75) is 0 Å². The smallest absolute Gasteiger partial charge is 0.203 e. The quantitative estimate of drug-likeness (QED) is 0.524. The van der Waals surface area contributed by atoms with Crippen molar-refractivity contribution in [1.82, 2.24) is 9.13 Å². The number of rotatable bonds is 1. The van der Waals surface area contributed by atoms with Gasteiger partial charge >= 0.3 is 0 Å². The van der Waals surface area contributed by atoms with E-state index in [4.69, 9.17) is 5.73 Å². The molecule has 0 saturated carbocycles. The van der Waals surface area contributed by atoms with Crippen molar-refractivity contribution < 1.29 is 5.11 Å². The molecule has 0 spiro atoms. The fourth-order valence-electron chi connectivity index (χ4n) is 2.86. The highest BCUT2D eigenvalue weighted by Gasteiger charge is 2.12. The molecule has 2 aromatic heterocycles. The standard InChI is InChI=1S/C17H15N3O/c1-19-8-7-11-9-12(5-6-16(11)19)20-10-14-13(17(20)21)3-2-4-15(14)18/h2-10,21H,18H2,1H3. The second-order valence-corrected chi connectivity index (χ2v) is 5.30. The average Bonchev–Trinajstić information content (AvgIpc) is 3.02. The van der Waals surface area contributed by atoms with Crippen LogP contribution in [-0.2, 0) is 7.05 Å². The lowest BCUT2D eigenvalue weighted by atomic mass is 10.2. The summed E-state index contributed by atoms with van der Waals surface area (Å²) in [6, 6.07) is 13.7. The van der Waals surface area contributed by atoms with Gasteiger partial charge in [-0.1, -0.05) is 6.07 Å². The van der Waals surface area contributed by atoms with Gasteiger partial charge in [-0.2, -0.15) is 0 Å². The summed E-state index contributed by atoms with van der Waals surface area (Å²) in [5, 5.41) is 13.2. The molecule has 0 aliphatic rings. The molecule has 0 bridgehead atoms. The Morgan fingerprint density at radius 2 is 1.90 bits per heavy atom. The van der Waals surface area contributed by atoms with Crippen LogP contribution in [-0.4, -0.2) is 14.2 Å². The van der Waals surface area contributed by atoms with Crippen molar-refractivity contribution in [3.8, 4) is 11.6 Å². The van der Waals surface area contributed by atoms with E-state index >= 15 is 0 Å². The summed E-state index contributed by atoms with van der Waals surface area (Å²) in [4.78, 5) is 0. The third-order valence-electron chi connectivity index (χ3n) is 4.01. The largest absolute Gasteiger partial charge is 0.494 e. The van der Waals surface area contributed by atoms with Gasteiger partial charge in [0.25, 0.3) is 0 Å². The van der Waals surface area contributed by atoms with Crippen LogP contribution >= 0.6 is 0 Å². The summed E-state index contributed by atoms with van der Waals surface area (Å²) in [7, 11) is 2.02. The van der Waals surface area contributed by atoms with Crippen LogP contribution in [0.4, 0.5) is 5.69 Å². The molecule has 21 heavy (non-hydrogen) atoms. The van der Waals surface area contributed by atoms with Gasteiger partial charge in [-0.05, 0) is 36.4 Å². The molecule has 4 aromatic rings.